The zero-order valence-electron chi connectivity index (χ0n) is 13.6. The van der Waals surface area contributed by atoms with Crippen LogP contribution in [-0.4, -0.2) is 34.9 Å². The molecule has 126 valence electrons. The van der Waals surface area contributed by atoms with Crippen molar-refractivity contribution in [3.63, 3.8) is 0 Å². The van der Waals surface area contributed by atoms with Gasteiger partial charge in [-0.25, -0.2) is 13.4 Å². The molecule has 0 saturated carbocycles. The van der Waals surface area contributed by atoms with Crippen LogP contribution in [0.25, 0.3) is 4.96 Å². The molecule has 24 heavy (non-hydrogen) atoms. The second-order valence-electron chi connectivity index (χ2n) is 5.54. The number of thiazole rings is 1. The number of carbonyl (C=O) groups is 1. The molecule has 8 heteroatoms. The lowest BCUT2D eigenvalue weighted by atomic mass is 10.2. The highest BCUT2D eigenvalue weighted by Gasteiger charge is 2.24. The molecule has 0 amide bonds. The number of sulfonamides is 1. The van der Waals surface area contributed by atoms with Crippen LogP contribution < -0.4 is 0 Å². The molecule has 2 heterocycles. The maximum atomic E-state index is 12.8. The molecule has 3 rings (SSSR count). The lowest BCUT2D eigenvalue weighted by Gasteiger charge is -2.17. The third-order valence-corrected chi connectivity index (χ3v) is 6.44. The van der Waals surface area contributed by atoms with Crippen LogP contribution in [0.3, 0.4) is 0 Å². The first-order chi connectivity index (χ1) is 11.3. The summed E-state index contributed by atoms with van der Waals surface area (Å²) in [5.41, 5.74) is 2.02. The van der Waals surface area contributed by atoms with Gasteiger partial charge in [0.2, 0.25) is 10.0 Å². The smallest absolute Gasteiger partial charge is 0.243 e. The summed E-state index contributed by atoms with van der Waals surface area (Å²) in [6.45, 7) is 3.49. The maximum Gasteiger partial charge on any atom is 0.243 e. The molecule has 0 saturated heterocycles. The highest BCUT2D eigenvalue weighted by molar-refractivity contribution is 7.89. The zero-order chi connectivity index (χ0) is 17.5. The number of carbonyl (C=O) groups excluding carboxylic acids is 1. The number of fused-ring (bicyclic) bond motifs is 1. The van der Waals surface area contributed by atoms with Gasteiger partial charge in [0, 0.05) is 24.2 Å². The number of Topliss-reactive ketones (excluding diaryl/α,β-unsaturated/α-hetero) is 1. The Morgan fingerprint density at radius 3 is 2.83 bits per heavy atom. The molecule has 0 unspecified atom stereocenters. The van der Waals surface area contributed by atoms with Gasteiger partial charge in [-0.05, 0) is 26.0 Å². The fourth-order valence-electron chi connectivity index (χ4n) is 2.48. The van der Waals surface area contributed by atoms with Crippen molar-refractivity contribution in [3.8, 4) is 0 Å². The van der Waals surface area contributed by atoms with Gasteiger partial charge < -0.3 is 0 Å². The van der Waals surface area contributed by atoms with E-state index in [-0.39, 0.29) is 17.2 Å². The maximum absolute atomic E-state index is 12.8. The van der Waals surface area contributed by atoms with Crippen molar-refractivity contribution in [2.24, 2.45) is 0 Å². The second-order valence-corrected chi connectivity index (χ2v) is 8.46. The third-order valence-electron chi connectivity index (χ3n) is 3.88. The van der Waals surface area contributed by atoms with Crippen LogP contribution in [0.15, 0.2) is 40.7 Å². The van der Waals surface area contributed by atoms with Crippen LogP contribution in [0.2, 0.25) is 0 Å². The number of rotatable bonds is 5. The Morgan fingerprint density at radius 2 is 2.12 bits per heavy atom. The van der Waals surface area contributed by atoms with Crippen molar-refractivity contribution in [1.82, 2.24) is 13.7 Å². The third kappa shape index (κ3) is 2.88. The molecule has 0 spiro atoms. The van der Waals surface area contributed by atoms with Gasteiger partial charge in [0.05, 0.1) is 22.8 Å². The van der Waals surface area contributed by atoms with Crippen LogP contribution in [0.1, 0.15) is 28.7 Å². The predicted octanol–water partition coefficient (Wildman–Crippen LogP) is 2.73. The molecule has 0 aliphatic heterocycles. The van der Waals surface area contributed by atoms with E-state index in [4.69, 9.17) is 0 Å². The van der Waals surface area contributed by atoms with Gasteiger partial charge in [-0.2, -0.15) is 4.31 Å². The molecular weight excluding hydrogens is 346 g/mol. The van der Waals surface area contributed by atoms with Crippen LogP contribution in [0, 0.1) is 6.92 Å². The molecule has 0 atom stereocenters. The van der Waals surface area contributed by atoms with E-state index in [0.717, 1.165) is 16.3 Å². The minimum absolute atomic E-state index is 0.112. The van der Waals surface area contributed by atoms with Crippen LogP contribution in [0.4, 0.5) is 0 Å². The molecule has 1 aromatic carbocycles. The highest BCUT2D eigenvalue weighted by atomic mass is 32.2. The van der Waals surface area contributed by atoms with Crippen molar-refractivity contribution in [2.75, 3.05) is 7.05 Å². The minimum atomic E-state index is -3.70. The number of aryl methyl sites for hydroxylation is 1. The van der Waals surface area contributed by atoms with Crippen LogP contribution in [0.5, 0.6) is 0 Å². The molecule has 6 nitrogen and oxygen atoms in total. The molecule has 0 aliphatic carbocycles. The number of hydrogen-bond acceptors (Lipinski definition) is 5. The Bertz CT molecular complexity index is 1020. The van der Waals surface area contributed by atoms with E-state index in [1.165, 1.54) is 41.7 Å². The molecule has 3 aromatic rings. The first-order valence-corrected chi connectivity index (χ1v) is 9.61. The number of ketones is 1. The van der Waals surface area contributed by atoms with Gasteiger partial charge in [-0.3, -0.25) is 9.20 Å². The predicted molar refractivity (Wildman–Crippen MR) is 92.9 cm³/mol. The summed E-state index contributed by atoms with van der Waals surface area (Å²) >= 11 is 1.50. The summed E-state index contributed by atoms with van der Waals surface area (Å²) in [5, 5.41) is 1.91. The number of nitrogens with zero attached hydrogens (tertiary/aromatic N) is 3. The number of imidazole rings is 1. The fraction of sp³-hybridized carbons (Fsp3) is 0.250. The Morgan fingerprint density at radius 1 is 1.38 bits per heavy atom. The topological polar surface area (TPSA) is 71.8 Å². The lowest BCUT2D eigenvalue weighted by molar-refractivity contribution is 0.101. The molecule has 0 radical (unpaired) electrons. The van der Waals surface area contributed by atoms with Crippen molar-refractivity contribution in [1.29, 1.82) is 0 Å². The monoisotopic (exact) mass is 363 g/mol. The number of hydrogen-bond donors (Lipinski definition) is 0. The number of benzene rings is 1. The van der Waals surface area contributed by atoms with E-state index < -0.39 is 10.0 Å². The number of aromatic nitrogens is 2. The van der Waals surface area contributed by atoms with Gasteiger partial charge in [-0.15, -0.1) is 11.3 Å². The average molecular weight is 363 g/mol. The summed E-state index contributed by atoms with van der Waals surface area (Å²) in [4.78, 5) is 16.9. The van der Waals surface area contributed by atoms with Crippen LogP contribution >= 0.6 is 11.3 Å². The van der Waals surface area contributed by atoms with Gasteiger partial charge in [-0.1, -0.05) is 12.1 Å². The quantitative estimate of drug-likeness (QED) is 0.654. The SMILES string of the molecule is CC(=O)c1cccc(S(=O)(=O)N(C)Cc2c(C)nc3sccn23)c1. The highest BCUT2D eigenvalue weighted by Crippen LogP contribution is 2.22. The molecular formula is C16H17N3O3S2. The minimum Gasteiger partial charge on any atom is -0.295 e. The fourth-order valence-corrected chi connectivity index (χ4v) is 4.44. The van der Waals surface area contributed by atoms with Crippen molar-refractivity contribution in [2.45, 2.75) is 25.3 Å². The summed E-state index contributed by atoms with van der Waals surface area (Å²) in [5.74, 6) is -0.165. The molecule has 0 fully saturated rings. The second kappa shape index (κ2) is 6.12. The van der Waals surface area contributed by atoms with Gasteiger partial charge >= 0.3 is 0 Å². The van der Waals surface area contributed by atoms with Gasteiger partial charge in [0.1, 0.15) is 0 Å². The lowest BCUT2D eigenvalue weighted by Crippen LogP contribution is -2.27. The van der Waals surface area contributed by atoms with E-state index >= 15 is 0 Å². The molecule has 0 aliphatic rings. The van der Waals surface area contributed by atoms with E-state index in [1.807, 2.05) is 22.9 Å². The average Bonchev–Trinajstić information content (AvgIpc) is 3.10. The van der Waals surface area contributed by atoms with Crippen molar-refractivity contribution in [3.05, 3.63) is 52.8 Å². The Hall–Kier alpha value is -2.03. The normalized spacial score (nSPS) is 12.2. The summed E-state index contributed by atoms with van der Waals surface area (Å²) < 4.78 is 28.8. The first kappa shape index (κ1) is 16.8. The van der Waals surface area contributed by atoms with Crippen molar-refractivity contribution >= 4 is 32.1 Å². The summed E-state index contributed by atoms with van der Waals surface area (Å²) in [6.07, 6.45) is 1.88. The molecule has 0 N–H and O–H groups in total. The van der Waals surface area contributed by atoms with Gasteiger partial charge in [0.15, 0.2) is 10.7 Å². The zero-order valence-corrected chi connectivity index (χ0v) is 15.2. The van der Waals surface area contributed by atoms with Crippen LogP contribution in [-0.2, 0) is 16.6 Å². The van der Waals surface area contributed by atoms with E-state index in [9.17, 15) is 13.2 Å². The molecule has 0 bridgehead atoms. The standard InChI is InChI=1S/C16H17N3O3S2/c1-11-15(19-7-8-23-16(19)17-11)10-18(3)24(21,22)14-6-4-5-13(9-14)12(2)20/h4-9H,10H2,1-3H3. The molecule has 2 aromatic heterocycles. The van der Waals surface area contributed by atoms with Crippen molar-refractivity contribution < 1.29 is 13.2 Å². The first-order valence-electron chi connectivity index (χ1n) is 7.29. The summed E-state index contributed by atoms with van der Waals surface area (Å²) in [7, 11) is -2.17. The summed E-state index contributed by atoms with van der Waals surface area (Å²) in [6, 6.07) is 6.11. The Kier molecular flexibility index (Phi) is 4.29. The van der Waals surface area contributed by atoms with Gasteiger partial charge in [0.25, 0.3) is 0 Å². The Labute approximate surface area is 144 Å². The van der Waals surface area contributed by atoms with E-state index in [0.29, 0.717) is 5.56 Å². The van der Waals surface area contributed by atoms with E-state index in [2.05, 4.69) is 4.98 Å². The van der Waals surface area contributed by atoms with E-state index in [1.54, 1.807) is 12.1 Å². The Balaban J connectivity index is 1.95. The largest absolute Gasteiger partial charge is 0.295 e.